The molecule has 0 radical (unpaired) electrons. The molecule has 0 aliphatic carbocycles. The van der Waals surface area contributed by atoms with E-state index in [-0.39, 0.29) is 0 Å². The summed E-state index contributed by atoms with van der Waals surface area (Å²) in [5.41, 5.74) is 2.87. The minimum absolute atomic E-state index is 0.433. The van der Waals surface area contributed by atoms with Crippen molar-refractivity contribution in [3.05, 3.63) is 57.8 Å². The minimum Gasteiger partial charge on any atom is -0.149 e. The Hall–Kier alpha value is -0.600. The van der Waals surface area contributed by atoms with Crippen LogP contribution in [0.25, 0.3) is 0 Å². The summed E-state index contributed by atoms with van der Waals surface area (Å²) in [4.78, 5) is 1.87. The first-order chi connectivity index (χ1) is 7.81. The molecule has 1 unspecified atom stereocenters. The molecule has 0 saturated heterocycles. The van der Waals surface area contributed by atoms with Crippen LogP contribution in [0.15, 0.2) is 41.8 Å². The van der Waals surface area contributed by atoms with Crippen molar-refractivity contribution >= 4 is 27.3 Å². The van der Waals surface area contributed by atoms with Gasteiger partial charge in [-0.3, -0.25) is 0 Å². The van der Waals surface area contributed by atoms with Crippen LogP contribution < -0.4 is 0 Å². The van der Waals surface area contributed by atoms with E-state index in [1.165, 1.54) is 16.0 Å². The van der Waals surface area contributed by atoms with Gasteiger partial charge in [-0.15, -0.1) is 11.3 Å². The zero-order valence-corrected chi connectivity index (χ0v) is 11.7. The standard InChI is InChI=1S/C14H15BrS/c1-2-11-6-3-4-8-13(11)14(15)10-12-7-5-9-16-12/h3-9,14H,2,10H2,1H3. The van der Waals surface area contributed by atoms with Gasteiger partial charge in [-0.1, -0.05) is 53.2 Å². The van der Waals surface area contributed by atoms with E-state index in [0.29, 0.717) is 4.83 Å². The molecule has 0 nitrogen and oxygen atoms in total. The Morgan fingerprint density at radius 1 is 1.19 bits per heavy atom. The number of hydrogen-bond acceptors (Lipinski definition) is 1. The molecule has 1 atom stereocenters. The monoisotopic (exact) mass is 294 g/mol. The third-order valence-electron chi connectivity index (χ3n) is 2.73. The SMILES string of the molecule is CCc1ccccc1C(Br)Cc1cccs1. The predicted molar refractivity (Wildman–Crippen MR) is 75.5 cm³/mol. The quantitative estimate of drug-likeness (QED) is 0.697. The summed E-state index contributed by atoms with van der Waals surface area (Å²) in [6.07, 6.45) is 2.18. The van der Waals surface area contributed by atoms with E-state index in [1.54, 1.807) is 0 Å². The first-order valence-corrected chi connectivity index (χ1v) is 7.35. The molecule has 0 amide bonds. The second kappa shape index (κ2) is 5.65. The fourth-order valence-corrected chi connectivity index (χ4v) is 3.64. The first-order valence-electron chi connectivity index (χ1n) is 5.55. The van der Waals surface area contributed by atoms with Crippen LogP contribution in [0.2, 0.25) is 0 Å². The lowest BCUT2D eigenvalue weighted by atomic mass is 10.0. The topological polar surface area (TPSA) is 0 Å². The van der Waals surface area contributed by atoms with Crippen molar-refractivity contribution in [3.63, 3.8) is 0 Å². The summed E-state index contributed by atoms with van der Waals surface area (Å²) in [5.74, 6) is 0. The lowest BCUT2D eigenvalue weighted by Crippen LogP contribution is -1.98. The smallest absolute Gasteiger partial charge is 0.0446 e. The van der Waals surface area contributed by atoms with Crippen molar-refractivity contribution in [1.29, 1.82) is 0 Å². The first kappa shape index (κ1) is 11.9. The molecule has 0 bridgehead atoms. The van der Waals surface area contributed by atoms with Crippen LogP contribution in [0.3, 0.4) is 0 Å². The predicted octanol–water partition coefficient (Wildman–Crippen LogP) is 4.99. The van der Waals surface area contributed by atoms with E-state index in [2.05, 4.69) is 64.6 Å². The van der Waals surface area contributed by atoms with Gasteiger partial charge in [-0.2, -0.15) is 0 Å². The van der Waals surface area contributed by atoms with Crippen molar-refractivity contribution < 1.29 is 0 Å². The van der Waals surface area contributed by atoms with Crippen molar-refractivity contribution in [2.75, 3.05) is 0 Å². The molecular formula is C14H15BrS. The highest BCUT2D eigenvalue weighted by atomic mass is 79.9. The van der Waals surface area contributed by atoms with E-state index in [9.17, 15) is 0 Å². The summed E-state index contributed by atoms with van der Waals surface area (Å²) in [6.45, 7) is 2.21. The summed E-state index contributed by atoms with van der Waals surface area (Å²) in [6, 6.07) is 13.0. The summed E-state index contributed by atoms with van der Waals surface area (Å²) < 4.78 is 0. The largest absolute Gasteiger partial charge is 0.149 e. The number of rotatable bonds is 4. The van der Waals surface area contributed by atoms with Gasteiger partial charge in [0.25, 0.3) is 0 Å². The van der Waals surface area contributed by atoms with Gasteiger partial charge in [0.05, 0.1) is 0 Å². The number of alkyl halides is 1. The Kier molecular flexibility index (Phi) is 4.19. The van der Waals surface area contributed by atoms with Gasteiger partial charge >= 0.3 is 0 Å². The third kappa shape index (κ3) is 2.74. The van der Waals surface area contributed by atoms with Gasteiger partial charge in [-0.05, 0) is 35.4 Å². The molecule has 0 N–H and O–H groups in total. The molecule has 84 valence electrons. The maximum atomic E-state index is 3.81. The number of hydrogen-bond donors (Lipinski definition) is 0. The molecule has 0 aliphatic rings. The molecule has 0 saturated carbocycles. The Bertz CT molecular complexity index is 434. The highest BCUT2D eigenvalue weighted by Crippen LogP contribution is 2.31. The summed E-state index contributed by atoms with van der Waals surface area (Å²) in [7, 11) is 0. The van der Waals surface area contributed by atoms with Gasteiger partial charge in [0, 0.05) is 9.70 Å². The van der Waals surface area contributed by atoms with Gasteiger partial charge in [-0.25, -0.2) is 0 Å². The molecule has 1 heterocycles. The maximum absolute atomic E-state index is 3.81. The van der Waals surface area contributed by atoms with Crippen LogP contribution in [0, 0.1) is 0 Å². The molecule has 2 rings (SSSR count). The average Bonchev–Trinajstić information content (AvgIpc) is 2.81. The minimum atomic E-state index is 0.433. The molecule has 1 aromatic carbocycles. The molecule has 16 heavy (non-hydrogen) atoms. The Morgan fingerprint density at radius 3 is 2.69 bits per heavy atom. The van der Waals surface area contributed by atoms with E-state index in [4.69, 9.17) is 0 Å². The zero-order chi connectivity index (χ0) is 11.4. The van der Waals surface area contributed by atoms with Crippen LogP contribution in [0.4, 0.5) is 0 Å². The molecule has 2 heteroatoms. The zero-order valence-electron chi connectivity index (χ0n) is 9.32. The van der Waals surface area contributed by atoms with Crippen LogP contribution >= 0.6 is 27.3 Å². The van der Waals surface area contributed by atoms with Crippen molar-refractivity contribution in [2.24, 2.45) is 0 Å². The molecule has 1 aromatic heterocycles. The fraction of sp³-hybridized carbons (Fsp3) is 0.286. The Balaban J connectivity index is 2.17. The van der Waals surface area contributed by atoms with Gasteiger partial charge in [0.2, 0.25) is 0 Å². The van der Waals surface area contributed by atoms with Crippen molar-refractivity contribution in [3.8, 4) is 0 Å². The lowest BCUT2D eigenvalue weighted by molar-refractivity contribution is 0.936. The normalized spacial score (nSPS) is 12.6. The fourth-order valence-electron chi connectivity index (χ4n) is 1.88. The number of benzene rings is 1. The molecular weight excluding hydrogens is 280 g/mol. The number of aryl methyl sites for hydroxylation is 1. The van der Waals surface area contributed by atoms with E-state index < -0.39 is 0 Å². The highest BCUT2D eigenvalue weighted by molar-refractivity contribution is 9.09. The highest BCUT2D eigenvalue weighted by Gasteiger charge is 2.11. The van der Waals surface area contributed by atoms with E-state index >= 15 is 0 Å². The number of halogens is 1. The van der Waals surface area contributed by atoms with Crippen LogP contribution in [0.5, 0.6) is 0 Å². The molecule has 0 fully saturated rings. The van der Waals surface area contributed by atoms with Crippen LogP contribution in [0.1, 0.15) is 27.8 Å². The summed E-state index contributed by atoms with van der Waals surface area (Å²) >= 11 is 5.64. The third-order valence-corrected chi connectivity index (χ3v) is 4.45. The molecule has 0 spiro atoms. The average molecular weight is 295 g/mol. The van der Waals surface area contributed by atoms with E-state index in [1.807, 2.05) is 11.3 Å². The van der Waals surface area contributed by atoms with Gasteiger partial charge in [0.1, 0.15) is 0 Å². The Morgan fingerprint density at radius 2 is 2.00 bits per heavy atom. The van der Waals surface area contributed by atoms with Gasteiger partial charge < -0.3 is 0 Å². The summed E-state index contributed by atoms with van der Waals surface area (Å²) in [5, 5.41) is 2.14. The van der Waals surface area contributed by atoms with Crippen LogP contribution in [-0.4, -0.2) is 0 Å². The lowest BCUT2D eigenvalue weighted by Gasteiger charge is -2.13. The Labute approximate surface area is 109 Å². The van der Waals surface area contributed by atoms with Gasteiger partial charge in [0.15, 0.2) is 0 Å². The molecule has 2 aromatic rings. The second-order valence-electron chi connectivity index (χ2n) is 3.80. The second-order valence-corrected chi connectivity index (χ2v) is 5.94. The van der Waals surface area contributed by atoms with E-state index in [0.717, 1.165) is 12.8 Å². The number of thiophene rings is 1. The van der Waals surface area contributed by atoms with Crippen molar-refractivity contribution in [1.82, 2.24) is 0 Å². The maximum Gasteiger partial charge on any atom is 0.0446 e. The van der Waals surface area contributed by atoms with Crippen molar-refractivity contribution in [2.45, 2.75) is 24.6 Å². The molecule has 0 aliphatic heterocycles. The van der Waals surface area contributed by atoms with Crippen LogP contribution in [-0.2, 0) is 12.8 Å².